The molecule has 1 aromatic carbocycles. The number of fused-ring (bicyclic) bond motifs is 1. The Labute approximate surface area is 156 Å². The van der Waals surface area contributed by atoms with E-state index in [-0.39, 0.29) is 23.5 Å². The van der Waals surface area contributed by atoms with Gasteiger partial charge in [0.05, 0.1) is 6.54 Å². The second kappa shape index (κ2) is 7.98. The van der Waals surface area contributed by atoms with Crippen LogP contribution in [0.2, 0.25) is 0 Å². The van der Waals surface area contributed by atoms with E-state index < -0.39 is 0 Å². The molecule has 1 aromatic heterocycles. The molecular formula is C18H22N6O3. The first-order valence-electron chi connectivity index (χ1n) is 8.77. The van der Waals surface area contributed by atoms with Gasteiger partial charge < -0.3 is 20.1 Å². The number of carbonyl (C=O) groups excluding carboxylic acids is 3. The summed E-state index contributed by atoms with van der Waals surface area (Å²) in [6.45, 7) is 5.21. The van der Waals surface area contributed by atoms with Crippen LogP contribution in [0.15, 0.2) is 24.3 Å². The van der Waals surface area contributed by atoms with Crippen LogP contribution in [0.25, 0.3) is 0 Å². The number of hydrogen-bond donors (Lipinski definition) is 2. The molecule has 9 nitrogen and oxygen atoms in total. The molecule has 0 bridgehead atoms. The lowest BCUT2D eigenvalue weighted by molar-refractivity contribution is -0.118. The van der Waals surface area contributed by atoms with Gasteiger partial charge in [0.1, 0.15) is 0 Å². The molecule has 0 aliphatic carbocycles. The van der Waals surface area contributed by atoms with Crippen LogP contribution < -0.4 is 10.6 Å². The number of aryl methyl sites for hydroxylation is 1. The summed E-state index contributed by atoms with van der Waals surface area (Å²) in [5.41, 5.74) is 1.59. The van der Waals surface area contributed by atoms with Crippen molar-refractivity contribution in [3.63, 3.8) is 0 Å². The topological polar surface area (TPSA) is 109 Å². The molecule has 0 saturated heterocycles. The molecule has 9 heteroatoms. The summed E-state index contributed by atoms with van der Waals surface area (Å²) in [5.74, 6) is 0.245. The van der Waals surface area contributed by atoms with E-state index in [9.17, 15) is 14.4 Å². The predicted octanol–water partition coefficient (Wildman–Crippen LogP) is 0.108. The van der Waals surface area contributed by atoms with Gasteiger partial charge in [-0.25, -0.2) is 0 Å². The number of benzene rings is 1. The fourth-order valence-corrected chi connectivity index (χ4v) is 2.98. The first kappa shape index (κ1) is 18.6. The smallest absolute Gasteiger partial charge is 0.289 e. The third-order valence-electron chi connectivity index (χ3n) is 4.40. The zero-order chi connectivity index (χ0) is 19.4. The Morgan fingerprint density at radius 2 is 1.81 bits per heavy atom. The van der Waals surface area contributed by atoms with Crippen LogP contribution in [0.5, 0.6) is 0 Å². The Hall–Kier alpha value is -3.23. The highest BCUT2D eigenvalue weighted by Gasteiger charge is 2.27. The van der Waals surface area contributed by atoms with E-state index in [1.54, 1.807) is 9.47 Å². The summed E-state index contributed by atoms with van der Waals surface area (Å²) < 4.78 is 1.73. The maximum atomic E-state index is 12.8. The number of nitrogens with zero attached hydrogens (tertiary/aromatic N) is 4. The van der Waals surface area contributed by atoms with Crippen molar-refractivity contribution in [3.05, 3.63) is 47.0 Å². The number of nitrogens with one attached hydrogen (secondary N) is 2. The summed E-state index contributed by atoms with van der Waals surface area (Å²) >= 11 is 0. The standard InChI is InChI=1S/C18H22N6O3/c1-12-5-3-4-6-14(12)18(27)23-9-10-24-15(11-23)21-22-16(24)17(26)20-8-7-19-13(2)25/h3-6H,7-11H2,1-2H3,(H,19,25)(H,20,26). The molecule has 2 N–H and O–H groups in total. The van der Waals surface area contributed by atoms with Crippen molar-refractivity contribution in [2.24, 2.45) is 0 Å². The van der Waals surface area contributed by atoms with Crippen LogP contribution in [0.1, 0.15) is 39.3 Å². The highest BCUT2D eigenvalue weighted by atomic mass is 16.2. The molecule has 2 aromatic rings. The Bertz CT molecular complexity index is 876. The number of rotatable bonds is 5. The van der Waals surface area contributed by atoms with Crippen molar-refractivity contribution in [3.8, 4) is 0 Å². The summed E-state index contributed by atoms with van der Waals surface area (Å²) in [6, 6.07) is 7.46. The predicted molar refractivity (Wildman–Crippen MR) is 97.0 cm³/mol. The molecule has 1 aliphatic heterocycles. The first-order valence-corrected chi connectivity index (χ1v) is 8.77. The minimum absolute atomic E-state index is 0.0522. The van der Waals surface area contributed by atoms with Crippen molar-refractivity contribution < 1.29 is 14.4 Å². The summed E-state index contributed by atoms with van der Waals surface area (Å²) in [6.07, 6.45) is 0. The molecule has 0 unspecified atom stereocenters. The highest BCUT2D eigenvalue weighted by molar-refractivity contribution is 5.95. The van der Waals surface area contributed by atoms with Gasteiger partial charge in [-0.15, -0.1) is 10.2 Å². The van der Waals surface area contributed by atoms with Crippen LogP contribution in [0, 0.1) is 6.92 Å². The Morgan fingerprint density at radius 1 is 1.07 bits per heavy atom. The highest BCUT2D eigenvalue weighted by Crippen LogP contribution is 2.17. The van der Waals surface area contributed by atoms with Gasteiger partial charge in [0.15, 0.2) is 5.82 Å². The maximum Gasteiger partial charge on any atom is 0.289 e. The summed E-state index contributed by atoms with van der Waals surface area (Å²) in [5, 5.41) is 13.3. The lowest BCUT2D eigenvalue weighted by atomic mass is 10.1. The van der Waals surface area contributed by atoms with Gasteiger partial charge >= 0.3 is 0 Å². The monoisotopic (exact) mass is 370 g/mol. The largest absolute Gasteiger partial charge is 0.355 e. The van der Waals surface area contributed by atoms with Crippen molar-refractivity contribution in [1.82, 2.24) is 30.3 Å². The Morgan fingerprint density at radius 3 is 2.56 bits per heavy atom. The van der Waals surface area contributed by atoms with Crippen LogP contribution in [-0.4, -0.2) is 57.0 Å². The normalized spacial score (nSPS) is 13.0. The van der Waals surface area contributed by atoms with Crippen LogP contribution in [0.3, 0.4) is 0 Å². The van der Waals surface area contributed by atoms with Crippen molar-refractivity contribution in [1.29, 1.82) is 0 Å². The maximum absolute atomic E-state index is 12.8. The molecule has 1 aliphatic rings. The molecule has 0 fully saturated rings. The van der Waals surface area contributed by atoms with Gasteiger partial charge in [-0.2, -0.15) is 0 Å². The minimum Gasteiger partial charge on any atom is -0.355 e. The quantitative estimate of drug-likeness (QED) is 0.726. The molecule has 3 amide bonds. The summed E-state index contributed by atoms with van der Waals surface area (Å²) in [7, 11) is 0. The minimum atomic E-state index is -0.349. The SMILES string of the molecule is CC(=O)NCCNC(=O)c1nnc2n1CCN(C(=O)c1ccccc1C)C2. The van der Waals surface area contributed by atoms with Gasteiger partial charge in [-0.1, -0.05) is 18.2 Å². The van der Waals surface area contributed by atoms with Crippen molar-refractivity contribution >= 4 is 17.7 Å². The van der Waals surface area contributed by atoms with E-state index in [0.717, 1.165) is 5.56 Å². The average molecular weight is 370 g/mol. The number of hydrogen-bond acceptors (Lipinski definition) is 5. The summed E-state index contributed by atoms with van der Waals surface area (Å²) in [4.78, 5) is 37.6. The molecule has 2 heterocycles. The third-order valence-corrected chi connectivity index (χ3v) is 4.40. The molecule has 142 valence electrons. The van der Waals surface area contributed by atoms with Crippen molar-refractivity contribution in [2.45, 2.75) is 26.9 Å². The van der Waals surface area contributed by atoms with Crippen LogP contribution in [-0.2, 0) is 17.9 Å². The van der Waals surface area contributed by atoms with Gasteiger partial charge in [0, 0.05) is 38.7 Å². The number of aromatic nitrogens is 3. The Balaban J connectivity index is 1.65. The third kappa shape index (κ3) is 4.13. The van der Waals surface area contributed by atoms with E-state index in [1.807, 2.05) is 31.2 Å². The zero-order valence-electron chi connectivity index (χ0n) is 15.4. The molecule has 3 rings (SSSR count). The Kier molecular flexibility index (Phi) is 5.49. The van der Waals surface area contributed by atoms with Crippen LogP contribution in [0.4, 0.5) is 0 Å². The second-order valence-corrected chi connectivity index (χ2v) is 6.37. The van der Waals surface area contributed by atoms with Crippen LogP contribution >= 0.6 is 0 Å². The van der Waals surface area contributed by atoms with Gasteiger partial charge in [0.2, 0.25) is 11.7 Å². The van der Waals surface area contributed by atoms with E-state index in [0.29, 0.717) is 44.1 Å². The fourth-order valence-electron chi connectivity index (χ4n) is 2.98. The number of amides is 3. The zero-order valence-corrected chi connectivity index (χ0v) is 15.4. The van der Waals surface area contributed by atoms with E-state index in [4.69, 9.17) is 0 Å². The van der Waals surface area contributed by atoms with E-state index >= 15 is 0 Å². The first-order chi connectivity index (χ1) is 13.0. The molecule has 0 atom stereocenters. The van der Waals surface area contributed by atoms with Crippen molar-refractivity contribution in [2.75, 3.05) is 19.6 Å². The molecule has 0 spiro atoms. The van der Waals surface area contributed by atoms with Gasteiger partial charge in [-0.05, 0) is 18.6 Å². The fraction of sp³-hybridized carbons (Fsp3) is 0.389. The lowest BCUT2D eigenvalue weighted by Crippen LogP contribution is -2.40. The second-order valence-electron chi connectivity index (χ2n) is 6.37. The molecule has 27 heavy (non-hydrogen) atoms. The molecular weight excluding hydrogens is 348 g/mol. The van der Waals surface area contributed by atoms with Gasteiger partial charge in [0.25, 0.3) is 11.8 Å². The molecule has 0 saturated carbocycles. The molecule has 0 radical (unpaired) electrons. The number of carbonyl (C=O) groups is 3. The van der Waals surface area contributed by atoms with Gasteiger partial charge in [-0.3, -0.25) is 14.4 Å². The van der Waals surface area contributed by atoms with E-state index in [2.05, 4.69) is 20.8 Å². The average Bonchev–Trinajstić information content (AvgIpc) is 3.08. The van der Waals surface area contributed by atoms with E-state index in [1.165, 1.54) is 6.92 Å². The lowest BCUT2D eigenvalue weighted by Gasteiger charge is -2.28.